The van der Waals surface area contributed by atoms with Gasteiger partial charge in [0, 0.05) is 6.04 Å². The van der Waals surface area contributed by atoms with Crippen LogP contribution in [0.25, 0.3) is 0 Å². The molecule has 0 spiro atoms. The lowest BCUT2D eigenvalue weighted by molar-refractivity contribution is 0.527. The Morgan fingerprint density at radius 1 is 0.647 bits per heavy atom. The summed E-state index contributed by atoms with van der Waals surface area (Å²) in [5.74, 6) is 0. The van der Waals surface area contributed by atoms with E-state index in [2.05, 4.69) is 13.8 Å². The third-order valence-electron chi connectivity index (χ3n) is 3.51. The molecule has 0 saturated heterocycles. The summed E-state index contributed by atoms with van der Waals surface area (Å²) in [6, 6.07) is 0.401. The van der Waals surface area contributed by atoms with E-state index in [1.807, 2.05) is 0 Å². The summed E-state index contributed by atoms with van der Waals surface area (Å²) in [6.45, 7) is 4.39. The highest BCUT2D eigenvalue weighted by Crippen LogP contribution is 2.12. The molecule has 0 heterocycles. The topological polar surface area (TPSA) is 26.0 Å². The van der Waals surface area contributed by atoms with E-state index in [-0.39, 0.29) is 0 Å². The van der Waals surface area contributed by atoms with E-state index in [4.69, 9.17) is 5.73 Å². The fourth-order valence-corrected chi connectivity index (χ4v) is 2.31. The fourth-order valence-electron chi connectivity index (χ4n) is 2.31. The Balaban J connectivity index is 2.89. The van der Waals surface area contributed by atoms with Gasteiger partial charge in [0.05, 0.1) is 0 Å². The van der Waals surface area contributed by atoms with Crippen LogP contribution in [0.1, 0.15) is 97.3 Å². The standard InChI is InChI=1S/C16H35N/c1-3-4-5-6-7-8-9-10-11-12-13-14-15-16(2)17/h16H,3-15,17H2,1-2H3. The molecule has 0 saturated carbocycles. The van der Waals surface area contributed by atoms with Crippen molar-refractivity contribution in [2.75, 3.05) is 0 Å². The van der Waals surface area contributed by atoms with Gasteiger partial charge in [-0.25, -0.2) is 0 Å². The highest BCUT2D eigenvalue weighted by molar-refractivity contribution is 4.53. The molecule has 0 bridgehead atoms. The van der Waals surface area contributed by atoms with Gasteiger partial charge in [-0.1, -0.05) is 84.0 Å². The van der Waals surface area contributed by atoms with Crippen molar-refractivity contribution in [3.05, 3.63) is 0 Å². The second-order valence-corrected chi connectivity index (χ2v) is 5.66. The van der Waals surface area contributed by atoms with E-state index >= 15 is 0 Å². The van der Waals surface area contributed by atoms with Crippen LogP contribution >= 0.6 is 0 Å². The van der Waals surface area contributed by atoms with Crippen LogP contribution in [0, 0.1) is 0 Å². The molecule has 1 atom stereocenters. The molecule has 17 heavy (non-hydrogen) atoms. The zero-order chi connectivity index (χ0) is 12.8. The van der Waals surface area contributed by atoms with E-state index in [0.717, 1.165) is 0 Å². The van der Waals surface area contributed by atoms with Gasteiger partial charge in [-0.3, -0.25) is 0 Å². The zero-order valence-corrected chi connectivity index (χ0v) is 12.3. The predicted octanol–water partition coefficient (Wildman–Crippen LogP) is 5.42. The summed E-state index contributed by atoms with van der Waals surface area (Å²) in [5.41, 5.74) is 5.72. The first-order chi connectivity index (χ1) is 8.27. The molecule has 0 rings (SSSR count). The Morgan fingerprint density at radius 2 is 1.00 bits per heavy atom. The van der Waals surface area contributed by atoms with Gasteiger partial charge in [0.2, 0.25) is 0 Å². The summed E-state index contributed by atoms with van der Waals surface area (Å²) >= 11 is 0. The minimum Gasteiger partial charge on any atom is -0.328 e. The summed E-state index contributed by atoms with van der Waals surface area (Å²) < 4.78 is 0. The Hall–Kier alpha value is -0.0400. The highest BCUT2D eigenvalue weighted by Gasteiger charge is 1.95. The molecule has 0 aromatic rings. The average molecular weight is 241 g/mol. The number of unbranched alkanes of at least 4 members (excludes halogenated alkanes) is 11. The van der Waals surface area contributed by atoms with Crippen LogP contribution < -0.4 is 5.73 Å². The largest absolute Gasteiger partial charge is 0.328 e. The molecule has 2 N–H and O–H groups in total. The zero-order valence-electron chi connectivity index (χ0n) is 12.3. The lowest BCUT2D eigenvalue weighted by Gasteiger charge is -2.04. The summed E-state index contributed by atoms with van der Waals surface area (Å²) in [7, 11) is 0. The Bertz CT molecular complexity index is 131. The lowest BCUT2D eigenvalue weighted by Crippen LogP contribution is -2.13. The molecule has 0 aromatic heterocycles. The molecule has 0 aromatic carbocycles. The molecular weight excluding hydrogens is 206 g/mol. The first-order valence-corrected chi connectivity index (χ1v) is 8.03. The van der Waals surface area contributed by atoms with Gasteiger partial charge in [0.15, 0.2) is 0 Å². The fraction of sp³-hybridized carbons (Fsp3) is 1.00. The first-order valence-electron chi connectivity index (χ1n) is 8.03. The van der Waals surface area contributed by atoms with Crippen LogP contribution in [0.2, 0.25) is 0 Å². The van der Waals surface area contributed by atoms with E-state index < -0.39 is 0 Å². The molecule has 0 fully saturated rings. The second-order valence-electron chi connectivity index (χ2n) is 5.66. The lowest BCUT2D eigenvalue weighted by atomic mass is 10.0. The quantitative estimate of drug-likeness (QED) is 0.428. The molecule has 1 unspecified atom stereocenters. The monoisotopic (exact) mass is 241 g/mol. The molecule has 104 valence electrons. The molecule has 0 radical (unpaired) electrons. The Kier molecular flexibility index (Phi) is 14.0. The third kappa shape index (κ3) is 16.0. The van der Waals surface area contributed by atoms with E-state index in [0.29, 0.717) is 6.04 Å². The smallest absolute Gasteiger partial charge is 0.00104 e. The van der Waals surface area contributed by atoms with E-state index in [9.17, 15) is 0 Å². The van der Waals surface area contributed by atoms with Crippen LogP contribution in [0.15, 0.2) is 0 Å². The van der Waals surface area contributed by atoms with Crippen LogP contribution in [-0.2, 0) is 0 Å². The maximum atomic E-state index is 5.72. The molecule has 0 aliphatic carbocycles. The molecule has 1 nitrogen and oxygen atoms in total. The SMILES string of the molecule is CCCCCCCCCCCCCCC(C)N. The van der Waals surface area contributed by atoms with E-state index in [1.165, 1.54) is 83.5 Å². The third-order valence-corrected chi connectivity index (χ3v) is 3.51. The molecule has 1 heteroatoms. The van der Waals surface area contributed by atoms with Crippen LogP contribution in [0.4, 0.5) is 0 Å². The Morgan fingerprint density at radius 3 is 1.35 bits per heavy atom. The second kappa shape index (κ2) is 14.0. The summed E-state index contributed by atoms with van der Waals surface area (Å²) in [4.78, 5) is 0. The van der Waals surface area contributed by atoms with Crippen molar-refractivity contribution in [1.29, 1.82) is 0 Å². The number of hydrogen-bond donors (Lipinski definition) is 1. The average Bonchev–Trinajstić information content (AvgIpc) is 2.30. The highest BCUT2D eigenvalue weighted by atomic mass is 14.6. The van der Waals surface area contributed by atoms with Crippen molar-refractivity contribution in [3.8, 4) is 0 Å². The number of rotatable bonds is 13. The van der Waals surface area contributed by atoms with Crippen molar-refractivity contribution < 1.29 is 0 Å². The number of hydrogen-bond acceptors (Lipinski definition) is 1. The molecule has 0 aliphatic rings. The molecule has 0 aliphatic heterocycles. The predicted molar refractivity (Wildman–Crippen MR) is 79.3 cm³/mol. The summed E-state index contributed by atoms with van der Waals surface area (Å²) in [5, 5.41) is 0. The maximum Gasteiger partial charge on any atom is 0.00104 e. The van der Waals surface area contributed by atoms with Gasteiger partial charge in [-0.2, -0.15) is 0 Å². The van der Waals surface area contributed by atoms with Crippen LogP contribution in [-0.4, -0.2) is 6.04 Å². The minimum absolute atomic E-state index is 0.401. The van der Waals surface area contributed by atoms with Gasteiger partial charge >= 0.3 is 0 Å². The normalized spacial score (nSPS) is 12.9. The van der Waals surface area contributed by atoms with Gasteiger partial charge in [0.25, 0.3) is 0 Å². The van der Waals surface area contributed by atoms with Gasteiger partial charge in [-0.05, 0) is 13.3 Å². The van der Waals surface area contributed by atoms with Gasteiger partial charge in [-0.15, -0.1) is 0 Å². The van der Waals surface area contributed by atoms with Gasteiger partial charge in [0.1, 0.15) is 0 Å². The van der Waals surface area contributed by atoms with Crippen molar-refractivity contribution >= 4 is 0 Å². The number of nitrogens with two attached hydrogens (primary N) is 1. The van der Waals surface area contributed by atoms with Crippen molar-refractivity contribution in [3.63, 3.8) is 0 Å². The van der Waals surface area contributed by atoms with Crippen LogP contribution in [0.5, 0.6) is 0 Å². The molecular formula is C16H35N. The minimum atomic E-state index is 0.401. The van der Waals surface area contributed by atoms with E-state index in [1.54, 1.807) is 0 Å². The summed E-state index contributed by atoms with van der Waals surface area (Å²) in [6.07, 6.45) is 18.3. The van der Waals surface area contributed by atoms with Crippen molar-refractivity contribution in [2.45, 2.75) is 103 Å². The van der Waals surface area contributed by atoms with Gasteiger partial charge < -0.3 is 5.73 Å². The maximum absolute atomic E-state index is 5.72. The first kappa shape index (κ1) is 17.0. The Labute approximate surface area is 110 Å². The van der Waals surface area contributed by atoms with Crippen LogP contribution in [0.3, 0.4) is 0 Å². The van der Waals surface area contributed by atoms with Crippen molar-refractivity contribution in [1.82, 2.24) is 0 Å². The molecule has 0 amide bonds. The van der Waals surface area contributed by atoms with Crippen molar-refractivity contribution in [2.24, 2.45) is 5.73 Å².